The maximum Gasteiger partial charge on any atom is 0.408 e. The molecule has 168 valence electrons. The summed E-state index contributed by atoms with van der Waals surface area (Å²) in [6.45, 7) is 6.03. The van der Waals surface area contributed by atoms with E-state index in [1.54, 1.807) is 19.4 Å². The van der Waals surface area contributed by atoms with Gasteiger partial charge < -0.3 is 4.74 Å². The minimum Gasteiger partial charge on any atom is -0.495 e. The Labute approximate surface area is 182 Å². The standard InChI is InChI=1S/C22H22F3N5O2/c1-12-6-16(14-7-17(32-5)13(2)26-8-14)28-19-18(12)20(31)30(21(19,3)4)15-9-27-29(10-15)11-22(23,24)25/h6-10H,11H2,1-5H3. The van der Waals surface area contributed by atoms with Crippen LogP contribution in [0.25, 0.3) is 11.3 Å². The Kier molecular flexibility index (Phi) is 4.98. The molecule has 1 aliphatic rings. The van der Waals surface area contributed by atoms with E-state index in [-0.39, 0.29) is 11.6 Å². The minimum absolute atomic E-state index is 0.280. The number of halogens is 3. The maximum atomic E-state index is 13.3. The minimum atomic E-state index is -4.41. The molecule has 3 aromatic rings. The van der Waals surface area contributed by atoms with Crippen molar-refractivity contribution in [2.24, 2.45) is 0 Å². The lowest BCUT2D eigenvalue weighted by Crippen LogP contribution is -2.39. The van der Waals surface area contributed by atoms with Gasteiger partial charge in [0.25, 0.3) is 5.91 Å². The number of carbonyl (C=O) groups excluding carboxylic acids is 1. The molecule has 0 unspecified atom stereocenters. The molecule has 0 atom stereocenters. The van der Waals surface area contributed by atoms with Gasteiger partial charge in [0.2, 0.25) is 0 Å². The third-order valence-corrected chi connectivity index (χ3v) is 5.55. The van der Waals surface area contributed by atoms with Crippen LogP contribution in [0.4, 0.5) is 18.9 Å². The fourth-order valence-electron chi connectivity index (χ4n) is 4.04. The van der Waals surface area contributed by atoms with Gasteiger partial charge in [0.15, 0.2) is 0 Å². The number of fused-ring (bicyclic) bond motifs is 1. The van der Waals surface area contributed by atoms with Crippen molar-refractivity contribution in [3.05, 3.63) is 53.2 Å². The lowest BCUT2D eigenvalue weighted by molar-refractivity contribution is -0.142. The summed E-state index contributed by atoms with van der Waals surface area (Å²) in [4.78, 5) is 23.9. The largest absolute Gasteiger partial charge is 0.495 e. The second-order valence-corrected chi connectivity index (χ2v) is 8.27. The van der Waals surface area contributed by atoms with Gasteiger partial charge in [-0.05, 0) is 45.4 Å². The van der Waals surface area contributed by atoms with Gasteiger partial charge in [-0.15, -0.1) is 0 Å². The van der Waals surface area contributed by atoms with Crippen LogP contribution in [0.1, 0.15) is 41.2 Å². The number of hydrogen-bond acceptors (Lipinski definition) is 5. The third-order valence-electron chi connectivity index (χ3n) is 5.55. The molecule has 0 bridgehead atoms. The maximum absolute atomic E-state index is 13.3. The molecule has 32 heavy (non-hydrogen) atoms. The normalized spacial score (nSPS) is 15.2. The van der Waals surface area contributed by atoms with E-state index >= 15 is 0 Å². The number of aryl methyl sites for hydroxylation is 2. The highest BCUT2D eigenvalue weighted by molar-refractivity contribution is 6.12. The molecular weight excluding hydrogens is 423 g/mol. The molecule has 0 aliphatic carbocycles. The predicted octanol–water partition coefficient (Wildman–Crippen LogP) is 4.42. The van der Waals surface area contributed by atoms with Gasteiger partial charge in [-0.3, -0.25) is 19.4 Å². The van der Waals surface area contributed by atoms with E-state index in [0.717, 1.165) is 15.9 Å². The van der Waals surface area contributed by atoms with E-state index in [2.05, 4.69) is 10.1 Å². The highest BCUT2D eigenvalue weighted by atomic mass is 19.4. The van der Waals surface area contributed by atoms with Gasteiger partial charge in [0, 0.05) is 18.0 Å². The molecule has 0 aromatic carbocycles. The van der Waals surface area contributed by atoms with E-state index in [9.17, 15) is 18.0 Å². The van der Waals surface area contributed by atoms with E-state index < -0.39 is 18.3 Å². The van der Waals surface area contributed by atoms with Crippen LogP contribution >= 0.6 is 0 Å². The Morgan fingerprint density at radius 1 is 1.16 bits per heavy atom. The second-order valence-electron chi connectivity index (χ2n) is 8.27. The molecule has 0 fully saturated rings. The molecule has 1 amide bonds. The summed E-state index contributed by atoms with van der Waals surface area (Å²) in [7, 11) is 1.56. The summed E-state index contributed by atoms with van der Waals surface area (Å²) in [6, 6.07) is 3.63. The van der Waals surface area contributed by atoms with Crippen molar-refractivity contribution in [2.45, 2.75) is 46.0 Å². The monoisotopic (exact) mass is 445 g/mol. The molecule has 4 heterocycles. The fraction of sp³-hybridized carbons (Fsp3) is 0.364. The van der Waals surface area contributed by atoms with Gasteiger partial charge in [-0.1, -0.05) is 0 Å². The van der Waals surface area contributed by atoms with Gasteiger partial charge in [-0.2, -0.15) is 18.3 Å². The van der Waals surface area contributed by atoms with Gasteiger partial charge >= 0.3 is 6.18 Å². The summed E-state index contributed by atoms with van der Waals surface area (Å²) < 4.78 is 44.4. The van der Waals surface area contributed by atoms with Crippen LogP contribution in [0.3, 0.4) is 0 Å². The van der Waals surface area contributed by atoms with E-state index in [1.807, 2.05) is 33.8 Å². The third kappa shape index (κ3) is 3.59. The van der Waals surface area contributed by atoms with Crippen molar-refractivity contribution in [1.82, 2.24) is 19.7 Å². The second kappa shape index (κ2) is 7.32. The van der Waals surface area contributed by atoms with Crippen LogP contribution in [-0.4, -0.2) is 38.9 Å². The molecule has 1 aliphatic heterocycles. The SMILES string of the molecule is COc1cc(-c2cc(C)c3c(n2)C(C)(C)N(c2cnn(CC(F)(F)F)c2)C3=O)cnc1C. The number of anilines is 1. The van der Waals surface area contributed by atoms with Crippen molar-refractivity contribution in [2.75, 3.05) is 12.0 Å². The van der Waals surface area contributed by atoms with Crippen LogP contribution in [0.2, 0.25) is 0 Å². The van der Waals surface area contributed by atoms with Crippen LogP contribution in [-0.2, 0) is 12.1 Å². The van der Waals surface area contributed by atoms with Crippen molar-refractivity contribution in [3.8, 4) is 17.0 Å². The Balaban J connectivity index is 1.78. The van der Waals surface area contributed by atoms with Crippen molar-refractivity contribution < 1.29 is 22.7 Å². The lowest BCUT2D eigenvalue weighted by Gasteiger charge is -2.30. The molecule has 7 nitrogen and oxygen atoms in total. The Morgan fingerprint density at radius 2 is 1.88 bits per heavy atom. The zero-order valence-corrected chi connectivity index (χ0v) is 18.3. The molecule has 3 aromatic heterocycles. The first-order valence-electron chi connectivity index (χ1n) is 9.89. The number of aromatic nitrogens is 4. The number of amides is 1. The Hall–Kier alpha value is -3.43. The summed E-state index contributed by atoms with van der Waals surface area (Å²) in [5.41, 5.74) is 3.18. The molecule has 0 spiro atoms. The summed E-state index contributed by atoms with van der Waals surface area (Å²) in [6.07, 6.45) is -0.228. The Morgan fingerprint density at radius 3 is 2.53 bits per heavy atom. The summed E-state index contributed by atoms with van der Waals surface area (Å²) in [5, 5.41) is 3.78. The number of nitrogens with zero attached hydrogens (tertiary/aromatic N) is 5. The molecule has 10 heteroatoms. The topological polar surface area (TPSA) is 73.1 Å². The molecule has 0 saturated carbocycles. The van der Waals surface area contributed by atoms with Gasteiger partial charge in [-0.25, -0.2) is 4.98 Å². The zero-order valence-electron chi connectivity index (χ0n) is 18.3. The van der Waals surface area contributed by atoms with Crippen molar-refractivity contribution in [3.63, 3.8) is 0 Å². The predicted molar refractivity (Wildman–Crippen MR) is 112 cm³/mol. The first-order valence-corrected chi connectivity index (χ1v) is 9.89. The molecule has 0 radical (unpaired) electrons. The highest BCUT2D eigenvalue weighted by Crippen LogP contribution is 2.43. The molecular formula is C22H22F3N5O2. The number of pyridine rings is 2. The van der Waals surface area contributed by atoms with Gasteiger partial charge in [0.1, 0.15) is 12.3 Å². The quantitative estimate of drug-likeness (QED) is 0.594. The number of alkyl halides is 3. The average molecular weight is 445 g/mol. The number of rotatable bonds is 4. The van der Waals surface area contributed by atoms with Crippen LogP contribution < -0.4 is 9.64 Å². The molecule has 4 rings (SSSR count). The zero-order chi connectivity index (χ0) is 23.4. The first-order chi connectivity index (χ1) is 14.9. The smallest absolute Gasteiger partial charge is 0.408 e. The molecule has 0 saturated heterocycles. The van der Waals surface area contributed by atoms with Crippen LogP contribution in [0.15, 0.2) is 30.7 Å². The fourth-order valence-corrected chi connectivity index (χ4v) is 4.04. The number of methoxy groups -OCH3 is 1. The van der Waals surface area contributed by atoms with Crippen LogP contribution in [0.5, 0.6) is 5.75 Å². The van der Waals surface area contributed by atoms with Crippen LogP contribution in [0, 0.1) is 13.8 Å². The summed E-state index contributed by atoms with van der Waals surface area (Å²) >= 11 is 0. The molecule has 0 N–H and O–H groups in total. The highest BCUT2D eigenvalue weighted by Gasteiger charge is 2.47. The first kappa shape index (κ1) is 21.8. The van der Waals surface area contributed by atoms with Crippen molar-refractivity contribution >= 4 is 11.6 Å². The van der Waals surface area contributed by atoms with E-state index in [4.69, 9.17) is 9.72 Å². The van der Waals surface area contributed by atoms with E-state index in [1.165, 1.54) is 17.3 Å². The lowest BCUT2D eigenvalue weighted by atomic mass is 9.96. The van der Waals surface area contributed by atoms with Gasteiger partial charge in [0.05, 0.1) is 47.2 Å². The number of carbonyl (C=O) groups is 1. The number of hydrogen-bond donors (Lipinski definition) is 0. The summed E-state index contributed by atoms with van der Waals surface area (Å²) in [5.74, 6) is 0.296. The van der Waals surface area contributed by atoms with Crippen molar-refractivity contribution in [1.29, 1.82) is 0 Å². The number of ether oxygens (including phenoxy) is 1. The average Bonchev–Trinajstić information content (AvgIpc) is 3.20. The van der Waals surface area contributed by atoms with E-state index in [0.29, 0.717) is 28.3 Å². The Bertz CT molecular complexity index is 1220.